The molecule has 3 N–H and O–H groups in total. The summed E-state index contributed by atoms with van der Waals surface area (Å²) in [6.45, 7) is 9.16. The monoisotopic (exact) mass is 332 g/mol. The van der Waals surface area contributed by atoms with E-state index in [9.17, 15) is 19.6 Å². The van der Waals surface area contributed by atoms with E-state index in [1.807, 2.05) is 32.9 Å². The van der Waals surface area contributed by atoms with Crippen molar-refractivity contribution in [3.63, 3.8) is 0 Å². The molecule has 7 heteroatoms. The third-order valence-corrected chi connectivity index (χ3v) is 4.25. The van der Waals surface area contributed by atoms with Crippen LogP contribution in [0.15, 0.2) is 24.8 Å². The number of aryl methyl sites for hydroxylation is 1. The molecule has 1 aromatic carbocycles. The minimum atomic E-state index is -1.70. The normalized spacial score (nSPS) is 11.6. The molecule has 0 saturated heterocycles. The molecule has 0 spiro atoms. The summed E-state index contributed by atoms with van der Waals surface area (Å²) >= 11 is 0. The Morgan fingerprint density at radius 1 is 1.29 bits per heavy atom. The summed E-state index contributed by atoms with van der Waals surface area (Å²) in [6, 6.07) is 3.89. The predicted octanol–water partition coefficient (Wildman–Crippen LogP) is 0.296. The molecule has 0 aliphatic heterocycles. The second kappa shape index (κ2) is 8.66. The maximum atomic E-state index is 12.0. The van der Waals surface area contributed by atoms with Crippen LogP contribution in [0, 0.1) is 20.8 Å². The van der Waals surface area contributed by atoms with Gasteiger partial charge >= 0.3 is 7.12 Å². The Kier molecular flexibility index (Phi) is 7.19. The van der Waals surface area contributed by atoms with Gasteiger partial charge in [0.25, 0.3) is 0 Å². The van der Waals surface area contributed by atoms with E-state index in [1.54, 1.807) is 0 Å². The van der Waals surface area contributed by atoms with E-state index in [0.29, 0.717) is 0 Å². The topological polar surface area (TPSA) is 89.9 Å². The largest absolute Gasteiger partial charge is 0.475 e. The average Bonchev–Trinajstić information content (AvgIpc) is 2.53. The zero-order valence-corrected chi connectivity index (χ0v) is 14.7. The fourth-order valence-corrected chi connectivity index (χ4v) is 2.40. The molecule has 0 heterocycles. The van der Waals surface area contributed by atoms with Gasteiger partial charge in [0, 0.05) is 7.05 Å². The summed E-state index contributed by atoms with van der Waals surface area (Å²) in [5.74, 6) is -1.70. The van der Waals surface area contributed by atoms with Crippen LogP contribution in [-0.2, 0) is 16.0 Å². The molecule has 1 aromatic rings. The number of hydrogen-bond acceptors (Lipinski definition) is 4. The molecule has 1 atom stereocenters. The van der Waals surface area contributed by atoms with Crippen LogP contribution in [0.3, 0.4) is 0 Å². The van der Waals surface area contributed by atoms with Gasteiger partial charge in [-0.25, -0.2) is 0 Å². The number of rotatable bonds is 7. The van der Waals surface area contributed by atoms with Crippen molar-refractivity contribution >= 4 is 18.9 Å². The molecule has 130 valence electrons. The van der Waals surface area contributed by atoms with Gasteiger partial charge in [0.1, 0.15) is 0 Å². The van der Waals surface area contributed by atoms with Gasteiger partial charge < -0.3 is 20.3 Å². The van der Waals surface area contributed by atoms with Gasteiger partial charge in [-0.2, -0.15) is 0 Å². The molecular weight excluding hydrogens is 307 g/mol. The molecule has 0 aromatic heterocycles. The number of amides is 2. The third-order valence-electron chi connectivity index (χ3n) is 4.25. The Morgan fingerprint density at radius 3 is 2.46 bits per heavy atom. The number of carbonyl (C=O) groups is 2. The maximum absolute atomic E-state index is 12.0. The lowest BCUT2D eigenvalue weighted by atomic mass is 9.75. The molecular formula is C17H25BN2O4. The first kappa shape index (κ1) is 19.9. The smallest absolute Gasteiger partial charge is 0.426 e. The van der Waals surface area contributed by atoms with E-state index in [1.165, 1.54) is 11.9 Å². The van der Waals surface area contributed by atoms with Crippen molar-refractivity contribution in [1.29, 1.82) is 0 Å². The fourth-order valence-electron chi connectivity index (χ4n) is 2.40. The average molecular weight is 332 g/mol. The zero-order valence-electron chi connectivity index (χ0n) is 14.7. The summed E-state index contributed by atoms with van der Waals surface area (Å²) < 4.78 is 0. The van der Waals surface area contributed by atoms with Gasteiger partial charge in [0.2, 0.25) is 11.8 Å². The van der Waals surface area contributed by atoms with Crippen LogP contribution in [0.2, 0.25) is 0 Å². The van der Waals surface area contributed by atoms with Crippen LogP contribution >= 0.6 is 0 Å². The lowest BCUT2D eigenvalue weighted by Gasteiger charge is -2.22. The summed E-state index contributed by atoms with van der Waals surface area (Å²) in [5.41, 5.74) is 4.30. The van der Waals surface area contributed by atoms with Gasteiger partial charge in [-0.1, -0.05) is 18.7 Å². The molecule has 0 fully saturated rings. The number of benzene rings is 1. The molecule has 6 nitrogen and oxygen atoms in total. The summed E-state index contributed by atoms with van der Waals surface area (Å²) in [6.07, 6.45) is 1.40. The quantitative estimate of drug-likeness (QED) is 0.495. The predicted molar refractivity (Wildman–Crippen MR) is 94.3 cm³/mol. The van der Waals surface area contributed by atoms with Crippen LogP contribution in [-0.4, -0.2) is 53.4 Å². The number of nitrogens with zero attached hydrogens (tertiary/aromatic N) is 1. The van der Waals surface area contributed by atoms with Crippen molar-refractivity contribution in [3.05, 3.63) is 47.0 Å². The second-order valence-corrected chi connectivity index (χ2v) is 5.98. The molecule has 2 amide bonds. The van der Waals surface area contributed by atoms with Crippen molar-refractivity contribution in [2.45, 2.75) is 33.1 Å². The highest BCUT2D eigenvalue weighted by molar-refractivity contribution is 6.43. The summed E-state index contributed by atoms with van der Waals surface area (Å²) in [4.78, 5) is 24.6. The van der Waals surface area contributed by atoms with Crippen LogP contribution < -0.4 is 5.32 Å². The van der Waals surface area contributed by atoms with Crippen molar-refractivity contribution < 1.29 is 19.6 Å². The SMILES string of the molecule is C=CC(=O)N(C)CC(=O)N[C@@H](Cc1ccc(C)c(C)c1C)B(O)O. The van der Waals surface area contributed by atoms with E-state index >= 15 is 0 Å². The maximum Gasteiger partial charge on any atom is 0.475 e. The second-order valence-electron chi connectivity index (χ2n) is 5.98. The van der Waals surface area contributed by atoms with Crippen molar-refractivity contribution in [1.82, 2.24) is 10.2 Å². The Bertz CT molecular complexity index is 631. The van der Waals surface area contributed by atoms with E-state index in [4.69, 9.17) is 0 Å². The van der Waals surface area contributed by atoms with Gasteiger partial charge in [-0.15, -0.1) is 0 Å². The van der Waals surface area contributed by atoms with Gasteiger partial charge in [0.05, 0.1) is 12.5 Å². The number of carbonyl (C=O) groups excluding carboxylic acids is 2. The molecule has 0 bridgehead atoms. The fraction of sp³-hybridized carbons (Fsp3) is 0.412. The molecule has 0 radical (unpaired) electrons. The highest BCUT2D eigenvalue weighted by Crippen LogP contribution is 2.18. The first-order chi connectivity index (χ1) is 11.2. The summed E-state index contributed by atoms with van der Waals surface area (Å²) in [5, 5.41) is 21.7. The number of hydrogen-bond donors (Lipinski definition) is 3. The van der Waals surface area contributed by atoms with Crippen molar-refractivity contribution in [2.24, 2.45) is 0 Å². The van der Waals surface area contributed by atoms with Crippen LogP contribution in [0.25, 0.3) is 0 Å². The molecule has 0 aliphatic carbocycles. The Hall–Kier alpha value is -2.12. The lowest BCUT2D eigenvalue weighted by molar-refractivity contribution is -0.131. The van der Waals surface area contributed by atoms with E-state index in [0.717, 1.165) is 28.3 Å². The first-order valence-corrected chi connectivity index (χ1v) is 7.76. The minimum Gasteiger partial charge on any atom is -0.426 e. The summed E-state index contributed by atoms with van der Waals surface area (Å²) in [7, 11) is -0.225. The van der Waals surface area contributed by atoms with Crippen molar-refractivity contribution in [3.8, 4) is 0 Å². The first-order valence-electron chi connectivity index (χ1n) is 7.76. The van der Waals surface area contributed by atoms with E-state index in [2.05, 4.69) is 11.9 Å². The van der Waals surface area contributed by atoms with Gasteiger partial charge in [-0.3, -0.25) is 9.59 Å². The van der Waals surface area contributed by atoms with E-state index < -0.39 is 19.0 Å². The molecule has 1 rings (SSSR count). The number of nitrogens with one attached hydrogen (secondary N) is 1. The van der Waals surface area contributed by atoms with Crippen LogP contribution in [0.5, 0.6) is 0 Å². The molecule has 0 saturated carbocycles. The Balaban J connectivity index is 2.82. The van der Waals surface area contributed by atoms with Gasteiger partial charge in [-0.05, 0) is 55.5 Å². The van der Waals surface area contributed by atoms with Crippen molar-refractivity contribution in [2.75, 3.05) is 13.6 Å². The Labute approximate surface area is 143 Å². The minimum absolute atomic E-state index is 0.181. The van der Waals surface area contributed by atoms with Gasteiger partial charge in [0.15, 0.2) is 0 Å². The number of likely N-dealkylation sites (N-methyl/N-ethyl adjacent to an activating group) is 1. The standard InChI is InChI=1S/C17H25BN2O4/c1-6-17(22)20(5)10-16(21)19-15(18(23)24)9-14-8-7-11(2)12(3)13(14)4/h6-8,15,23-24H,1,9-10H2,2-5H3,(H,19,21)/t15-/m0/s1. The zero-order chi connectivity index (χ0) is 18.4. The van der Waals surface area contributed by atoms with Crippen LogP contribution in [0.4, 0.5) is 0 Å². The molecule has 0 aliphatic rings. The molecule has 0 unspecified atom stereocenters. The highest BCUT2D eigenvalue weighted by Gasteiger charge is 2.27. The third kappa shape index (κ3) is 5.21. The van der Waals surface area contributed by atoms with E-state index in [-0.39, 0.29) is 18.9 Å². The van der Waals surface area contributed by atoms with Crippen LogP contribution in [0.1, 0.15) is 22.3 Å². The Morgan fingerprint density at radius 2 is 1.92 bits per heavy atom. The molecule has 24 heavy (non-hydrogen) atoms. The highest BCUT2D eigenvalue weighted by atomic mass is 16.4. The lowest BCUT2D eigenvalue weighted by Crippen LogP contribution is -2.50.